The molecule has 0 amide bonds. The zero-order chi connectivity index (χ0) is 23.6. The van der Waals surface area contributed by atoms with Gasteiger partial charge in [0.05, 0.1) is 21.7 Å². The molecule has 0 bridgehead atoms. The van der Waals surface area contributed by atoms with Crippen molar-refractivity contribution in [2.75, 3.05) is 44.4 Å². The smallest absolute Gasteiger partial charge is 0.175 e. The molecule has 2 aromatic heterocycles. The van der Waals surface area contributed by atoms with Crippen LogP contribution in [0.15, 0.2) is 46.8 Å². The molecule has 0 aliphatic carbocycles. The SMILES string of the molecule is CC(C)Oc1ccc(S(C)(=O)=O)cc1Cc1nc(-c2ccnc(N3CCN(C)CC3)c2)cs1. The van der Waals surface area contributed by atoms with Gasteiger partial charge in [0.15, 0.2) is 9.84 Å². The fourth-order valence-electron chi connectivity index (χ4n) is 3.77. The van der Waals surface area contributed by atoms with Gasteiger partial charge in [0.25, 0.3) is 0 Å². The number of likely N-dealkylation sites (N-methyl/N-ethyl adjacent to an activating group) is 1. The molecule has 1 saturated heterocycles. The summed E-state index contributed by atoms with van der Waals surface area (Å²) in [5.41, 5.74) is 2.75. The van der Waals surface area contributed by atoms with Gasteiger partial charge in [0, 0.05) is 61.6 Å². The maximum Gasteiger partial charge on any atom is 0.175 e. The first-order valence-corrected chi connectivity index (χ1v) is 13.8. The van der Waals surface area contributed by atoms with Crippen LogP contribution in [0.3, 0.4) is 0 Å². The largest absolute Gasteiger partial charge is 0.491 e. The van der Waals surface area contributed by atoms with Gasteiger partial charge in [0.2, 0.25) is 0 Å². The maximum atomic E-state index is 12.1. The van der Waals surface area contributed by atoms with E-state index in [-0.39, 0.29) is 11.0 Å². The zero-order valence-electron chi connectivity index (χ0n) is 19.5. The number of rotatable bonds is 7. The van der Waals surface area contributed by atoms with Gasteiger partial charge in [-0.05, 0) is 51.2 Å². The lowest BCUT2D eigenvalue weighted by atomic mass is 10.1. The number of sulfone groups is 1. The fraction of sp³-hybridized carbons (Fsp3) is 0.417. The van der Waals surface area contributed by atoms with E-state index in [1.54, 1.807) is 29.5 Å². The van der Waals surface area contributed by atoms with E-state index < -0.39 is 9.84 Å². The number of anilines is 1. The molecular formula is C24H30N4O3S2. The Morgan fingerprint density at radius 2 is 1.88 bits per heavy atom. The summed E-state index contributed by atoms with van der Waals surface area (Å²) in [4.78, 5) is 14.3. The Balaban J connectivity index is 1.58. The van der Waals surface area contributed by atoms with Gasteiger partial charge in [-0.1, -0.05) is 0 Å². The third-order valence-corrected chi connectivity index (χ3v) is 7.54. The van der Waals surface area contributed by atoms with Gasteiger partial charge in [-0.2, -0.15) is 0 Å². The molecule has 4 rings (SSSR count). The third-order valence-electron chi connectivity index (χ3n) is 5.58. The minimum atomic E-state index is -3.31. The van der Waals surface area contributed by atoms with Crippen LogP contribution in [0.5, 0.6) is 5.75 Å². The fourth-order valence-corrected chi connectivity index (χ4v) is 5.27. The first-order valence-electron chi connectivity index (χ1n) is 11.0. The topological polar surface area (TPSA) is 75.6 Å². The molecule has 1 aromatic carbocycles. The molecule has 3 heterocycles. The summed E-state index contributed by atoms with van der Waals surface area (Å²) in [6, 6.07) is 9.12. The van der Waals surface area contributed by atoms with Gasteiger partial charge in [-0.3, -0.25) is 0 Å². The minimum absolute atomic E-state index is 0.00972. The van der Waals surface area contributed by atoms with Crippen molar-refractivity contribution in [3.05, 3.63) is 52.5 Å². The number of hydrogen-bond acceptors (Lipinski definition) is 8. The van der Waals surface area contributed by atoms with Crippen LogP contribution in [0.25, 0.3) is 11.3 Å². The summed E-state index contributed by atoms with van der Waals surface area (Å²) in [7, 11) is -1.17. The monoisotopic (exact) mass is 486 g/mol. The molecule has 0 unspecified atom stereocenters. The second-order valence-electron chi connectivity index (χ2n) is 8.70. The molecule has 7 nitrogen and oxygen atoms in total. The van der Waals surface area contributed by atoms with E-state index >= 15 is 0 Å². The normalized spacial score (nSPS) is 15.2. The molecule has 1 fully saturated rings. The number of piperazine rings is 1. The van der Waals surface area contributed by atoms with Crippen molar-refractivity contribution >= 4 is 27.0 Å². The van der Waals surface area contributed by atoms with Crippen LogP contribution < -0.4 is 9.64 Å². The lowest BCUT2D eigenvalue weighted by Crippen LogP contribution is -2.44. The molecule has 176 valence electrons. The number of nitrogens with zero attached hydrogens (tertiary/aromatic N) is 4. The average molecular weight is 487 g/mol. The number of benzene rings is 1. The Hall–Kier alpha value is -2.49. The van der Waals surface area contributed by atoms with Crippen molar-refractivity contribution < 1.29 is 13.2 Å². The molecule has 0 N–H and O–H groups in total. The second kappa shape index (κ2) is 9.79. The van der Waals surface area contributed by atoms with Crippen LogP contribution >= 0.6 is 11.3 Å². The van der Waals surface area contributed by atoms with Crippen molar-refractivity contribution in [2.24, 2.45) is 0 Å². The van der Waals surface area contributed by atoms with Gasteiger partial charge in [-0.15, -0.1) is 11.3 Å². The van der Waals surface area contributed by atoms with Crippen LogP contribution in [-0.2, 0) is 16.3 Å². The highest BCUT2D eigenvalue weighted by Crippen LogP contribution is 2.30. The molecule has 1 aliphatic rings. The number of hydrogen-bond donors (Lipinski definition) is 0. The van der Waals surface area contributed by atoms with Crippen LogP contribution in [-0.4, -0.2) is 68.9 Å². The van der Waals surface area contributed by atoms with E-state index in [9.17, 15) is 8.42 Å². The summed E-state index contributed by atoms with van der Waals surface area (Å²) in [6.45, 7) is 7.89. The van der Waals surface area contributed by atoms with E-state index in [1.165, 1.54) is 6.26 Å². The second-order valence-corrected chi connectivity index (χ2v) is 11.7. The quantitative estimate of drug-likeness (QED) is 0.504. The number of pyridine rings is 1. The van der Waals surface area contributed by atoms with Crippen LogP contribution in [0, 0.1) is 0 Å². The maximum absolute atomic E-state index is 12.1. The van der Waals surface area contributed by atoms with Crippen LogP contribution in [0.2, 0.25) is 0 Å². The molecule has 9 heteroatoms. The van der Waals surface area contributed by atoms with Gasteiger partial charge in [0.1, 0.15) is 11.6 Å². The highest BCUT2D eigenvalue weighted by atomic mass is 32.2. The van der Waals surface area contributed by atoms with Crippen LogP contribution in [0.1, 0.15) is 24.4 Å². The first kappa shape index (κ1) is 23.7. The highest BCUT2D eigenvalue weighted by molar-refractivity contribution is 7.90. The lowest BCUT2D eigenvalue weighted by molar-refractivity contribution is 0.240. The van der Waals surface area contributed by atoms with Crippen molar-refractivity contribution in [2.45, 2.75) is 31.3 Å². The predicted molar refractivity (Wildman–Crippen MR) is 133 cm³/mol. The molecule has 0 atom stereocenters. The van der Waals surface area contributed by atoms with Crippen LogP contribution in [0.4, 0.5) is 5.82 Å². The lowest BCUT2D eigenvalue weighted by Gasteiger charge is -2.33. The Bertz CT molecular complexity index is 1220. The molecule has 0 saturated carbocycles. The summed E-state index contributed by atoms with van der Waals surface area (Å²) < 4.78 is 30.1. The highest BCUT2D eigenvalue weighted by Gasteiger charge is 2.17. The molecule has 0 spiro atoms. The first-order chi connectivity index (χ1) is 15.7. The molecular weight excluding hydrogens is 456 g/mol. The molecule has 1 aliphatic heterocycles. The van der Waals surface area contributed by atoms with E-state index in [0.717, 1.165) is 53.8 Å². The van der Waals surface area contributed by atoms with Gasteiger partial charge in [-0.25, -0.2) is 18.4 Å². The Labute approximate surface area is 200 Å². The van der Waals surface area contributed by atoms with E-state index in [2.05, 4.69) is 27.9 Å². The van der Waals surface area contributed by atoms with Crippen molar-refractivity contribution in [3.8, 4) is 17.0 Å². The number of aromatic nitrogens is 2. The molecule has 0 radical (unpaired) electrons. The summed E-state index contributed by atoms with van der Waals surface area (Å²) in [6.07, 6.45) is 3.56. The zero-order valence-corrected chi connectivity index (χ0v) is 21.1. The average Bonchev–Trinajstić information content (AvgIpc) is 3.23. The Kier molecular flexibility index (Phi) is 7.02. The molecule has 3 aromatic rings. The van der Waals surface area contributed by atoms with Gasteiger partial charge >= 0.3 is 0 Å². The summed E-state index contributed by atoms with van der Waals surface area (Å²) >= 11 is 1.57. The Morgan fingerprint density at radius 1 is 1.12 bits per heavy atom. The number of ether oxygens (including phenoxy) is 1. The van der Waals surface area contributed by atoms with E-state index in [1.807, 2.05) is 31.5 Å². The van der Waals surface area contributed by atoms with Gasteiger partial charge < -0.3 is 14.5 Å². The van der Waals surface area contributed by atoms with E-state index in [0.29, 0.717) is 12.2 Å². The third kappa shape index (κ3) is 5.90. The Morgan fingerprint density at radius 3 is 2.58 bits per heavy atom. The summed E-state index contributed by atoms with van der Waals surface area (Å²) in [5, 5.41) is 2.95. The summed E-state index contributed by atoms with van der Waals surface area (Å²) in [5.74, 6) is 1.67. The van der Waals surface area contributed by atoms with Crippen molar-refractivity contribution in [1.29, 1.82) is 0 Å². The number of thiazole rings is 1. The van der Waals surface area contributed by atoms with E-state index in [4.69, 9.17) is 9.72 Å². The van der Waals surface area contributed by atoms with Crippen molar-refractivity contribution in [1.82, 2.24) is 14.9 Å². The predicted octanol–water partition coefficient (Wildman–Crippen LogP) is 3.74. The molecule has 33 heavy (non-hydrogen) atoms. The standard InChI is InChI=1S/C24H30N4O3S2/c1-17(2)31-22-6-5-20(33(4,29)30)13-19(22)15-24-26-21(16-32-24)18-7-8-25-23(14-18)28-11-9-27(3)10-12-28/h5-8,13-14,16-17H,9-12,15H2,1-4H3. The minimum Gasteiger partial charge on any atom is -0.491 e. The van der Waals surface area contributed by atoms with Crippen molar-refractivity contribution in [3.63, 3.8) is 0 Å².